The maximum absolute atomic E-state index is 12.9. The molecule has 0 saturated carbocycles. The molecule has 4 heteroatoms. The quantitative estimate of drug-likeness (QED) is 0.639. The van der Waals surface area contributed by atoms with E-state index in [9.17, 15) is 14.3 Å². The number of rotatable bonds is 6. The summed E-state index contributed by atoms with van der Waals surface area (Å²) >= 11 is 0. The van der Waals surface area contributed by atoms with Crippen molar-refractivity contribution in [2.75, 3.05) is 18.0 Å². The van der Waals surface area contributed by atoms with E-state index in [-0.39, 0.29) is 17.1 Å². The maximum Gasteiger partial charge on any atom is 0.189 e. The normalized spacial score (nSPS) is 10.9. The van der Waals surface area contributed by atoms with E-state index in [0.717, 1.165) is 36.5 Å². The summed E-state index contributed by atoms with van der Waals surface area (Å²) in [4.78, 5) is 14.3. The Balaban J connectivity index is 2.12. The zero-order valence-corrected chi connectivity index (χ0v) is 13.3. The number of carbonyl (C=O) groups excluding carboxylic acids is 1. The van der Waals surface area contributed by atoms with Gasteiger partial charge in [0.2, 0.25) is 0 Å². The highest BCUT2D eigenvalue weighted by atomic mass is 19.1. The van der Waals surface area contributed by atoms with Crippen molar-refractivity contribution in [2.45, 2.75) is 13.8 Å². The van der Waals surface area contributed by atoms with Crippen LogP contribution in [0.15, 0.2) is 48.5 Å². The van der Waals surface area contributed by atoms with E-state index in [1.54, 1.807) is 6.08 Å². The zero-order chi connectivity index (χ0) is 16.8. The van der Waals surface area contributed by atoms with Crippen LogP contribution < -0.4 is 4.90 Å². The summed E-state index contributed by atoms with van der Waals surface area (Å²) in [6, 6.07) is 11.2. The molecule has 0 unspecified atom stereocenters. The Bertz CT molecular complexity index is 704. The van der Waals surface area contributed by atoms with E-state index < -0.39 is 5.82 Å². The molecule has 0 radical (unpaired) electrons. The van der Waals surface area contributed by atoms with Gasteiger partial charge in [-0.2, -0.15) is 0 Å². The Morgan fingerprint density at radius 1 is 1.13 bits per heavy atom. The molecule has 120 valence electrons. The number of allylic oxidation sites excluding steroid dienone is 1. The van der Waals surface area contributed by atoms with Gasteiger partial charge in [0, 0.05) is 24.8 Å². The molecule has 0 aromatic heterocycles. The lowest BCUT2D eigenvalue weighted by molar-refractivity contribution is 0.104. The second-order valence-electron chi connectivity index (χ2n) is 5.12. The third-order valence-corrected chi connectivity index (χ3v) is 3.67. The van der Waals surface area contributed by atoms with Gasteiger partial charge in [0.05, 0.1) is 5.56 Å². The van der Waals surface area contributed by atoms with Crippen LogP contribution in [0.1, 0.15) is 29.8 Å². The molecular weight excluding hydrogens is 293 g/mol. The van der Waals surface area contributed by atoms with Crippen molar-refractivity contribution in [2.24, 2.45) is 0 Å². The van der Waals surface area contributed by atoms with E-state index in [4.69, 9.17) is 0 Å². The molecule has 3 nitrogen and oxygen atoms in total. The second-order valence-corrected chi connectivity index (χ2v) is 5.12. The second kappa shape index (κ2) is 7.58. The SMILES string of the molecule is CCN(CC)c1ccc(/C=C/C(=O)c2ccc(F)cc2O)cc1. The Morgan fingerprint density at radius 3 is 2.35 bits per heavy atom. The van der Waals surface area contributed by atoms with E-state index >= 15 is 0 Å². The Hall–Kier alpha value is -2.62. The van der Waals surface area contributed by atoms with Gasteiger partial charge < -0.3 is 10.0 Å². The summed E-state index contributed by atoms with van der Waals surface area (Å²) < 4.78 is 12.9. The first kappa shape index (κ1) is 16.7. The number of phenols is 1. The van der Waals surface area contributed by atoms with Gasteiger partial charge in [-0.1, -0.05) is 18.2 Å². The van der Waals surface area contributed by atoms with Crippen molar-refractivity contribution >= 4 is 17.5 Å². The summed E-state index contributed by atoms with van der Waals surface area (Å²) in [5.41, 5.74) is 2.10. The lowest BCUT2D eigenvalue weighted by Gasteiger charge is -2.20. The summed E-state index contributed by atoms with van der Waals surface area (Å²) in [5, 5.41) is 9.61. The van der Waals surface area contributed by atoms with Crippen molar-refractivity contribution in [3.8, 4) is 5.75 Å². The van der Waals surface area contributed by atoms with Crippen molar-refractivity contribution in [1.82, 2.24) is 0 Å². The van der Waals surface area contributed by atoms with Gasteiger partial charge in [0.15, 0.2) is 5.78 Å². The van der Waals surface area contributed by atoms with Crippen LogP contribution in [0.2, 0.25) is 0 Å². The lowest BCUT2D eigenvalue weighted by Crippen LogP contribution is -2.21. The molecule has 1 N–H and O–H groups in total. The molecule has 0 heterocycles. The van der Waals surface area contributed by atoms with Gasteiger partial charge in [-0.3, -0.25) is 4.79 Å². The molecule has 0 amide bonds. The van der Waals surface area contributed by atoms with Crippen LogP contribution in [-0.4, -0.2) is 24.0 Å². The number of carbonyl (C=O) groups is 1. The highest BCUT2D eigenvalue weighted by molar-refractivity contribution is 6.08. The molecule has 0 aliphatic heterocycles. The monoisotopic (exact) mass is 313 g/mol. The first-order chi connectivity index (χ1) is 11.0. The molecule has 0 spiro atoms. The van der Waals surface area contributed by atoms with E-state index in [0.29, 0.717) is 0 Å². The number of nitrogens with zero attached hydrogens (tertiary/aromatic N) is 1. The molecule has 0 bridgehead atoms. The largest absolute Gasteiger partial charge is 0.507 e. The number of halogens is 1. The Kier molecular flexibility index (Phi) is 5.52. The molecule has 0 fully saturated rings. The van der Waals surface area contributed by atoms with Crippen molar-refractivity contribution in [3.63, 3.8) is 0 Å². The summed E-state index contributed by atoms with van der Waals surface area (Å²) in [6.07, 6.45) is 3.05. The first-order valence-electron chi connectivity index (χ1n) is 7.61. The number of phenolic OH excluding ortho intramolecular Hbond substituents is 1. The van der Waals surface area contributed by atoms with Crippen LogP contribution in [0, 0.1) is 5.82 Å². The number of hydrogen-bond donors (Lipinski definition) is 1. The predicted molar refractivity (Wildman–Crippen MR) is 91.4 cm³/mol. The van der Waals surface area contributed by atoms with Crippen LogP contribution in [0.5, 0.6) is 5.75 Å². The average molecular weight is 313 g/mol. The Labute approximate surface area is 135 Å². The van der Waals surface area contributed by atoms with Gasteiger partial charge >= 0.3 is 0 Å². The third-order valence-electron chi connectivity index (χ3n) is 3.67. The molecule has 0 aliphatic rings. The van der Waals surface area contributed by atoms with Crippen LogP contribution in [0.3, 0.4) is 0 Å². The molecule has 0 saturated heterocycles. The van der Waals surface area contributed by atoms with Crippen LogP contribution in [0.4, 0.5) is 10.1 Å². The maximum atomic E-state index is 12.9. The summed E-state index contributed by atoms with van der Waals surface area (Å²) in [6.45, 7) is 6.08. The van der Waals surface area contributed by atoms with Gasteiger partial charge in [-0.15, -0.1) is 0 Å². The fourth-order valence-corrected chi connectivity index (χ4v) is 2.36. The zero-order valence-electron chi connectivity index (χ0n) is 13.3. The van der Waals surface area contributed by atoms with Gasteiger partial charge in [-0.25, -0.2) is 4.39 Å². The van der Waals surface area contributed by atoms with E-state index in [2.05, 4.69) is 18.7 Å². The number of ketones is 1. The molecule has 23 heavy (non-hydrogen) atoms. The lowest BCUT2D eigenvalue weighted by atomic mass is 10.1. The standard InChI is InChI=1S/C19H20FNO2/c1-3-21(4-2)16-9-5-14(6-10-16)7-12-18(22)17-11-8-15(20)13-19(17)23/h5-13,23H,3-4H2,1-2H3/b12-7+. The van der Waals surface area contributed by atoms with Crippen molar-refractivity contribution in [1.29, 1.82) is 0 Å². The van der Waals surface area contributed by atoms with E-state index in [1.165, 1.54) is 12.1 Å². The Morgan fingerprint density at radius 2 is 1.78 bits per heavy atom. The van der Waals surface area contributed by atoms with Crippen molar-refractivity contribution < 1.29 is 14.3 Å². The van der Waals surface area contributed by atoms with Crippen LogP contribution in [-0.2, 0) is 0 Å². The fourth-order valence-electron chi connectivity index (χ4n) is 2.36. The minimum Gasteiger partial charge on any atom is -0.507 e. The summed E-state index contributed by atoms with van der Waals surface area (Å²) in [5.74, 6) is -1.29. The minimum absolute atomic E-state index is 0.0856. The molecular formula is C19H20FNO2. The van der Waals surface area contributed by atoms with Gasteiger partial charge in [-0.05, 0) is 49.8 Å². The fraction of sp³-hybridized carbons (Fsp3) is 0.211. The smallest absolute Gasteiger partial charge is 0.189 e. The number of anilines is 1. The number of hydrogen-bond acceptors (Lipinski definition) is 3. The molecule has 2 aromatic carbocycles. The van der Waals surface area contributed by atoms with Gasteiger partial charge in [0.25, 0.3) is 0 Å². The third kappa shape index (κ3) is 4.19. The number of aromatic hydroxyl groups is 1. The average Bonchev–Trinajstić information content (AvgIpc) is 2.55. The molecule has 2 aromatic rings. The minimum atomic E-state index is -0.574. The molecule has 0 aliphatic carbocycles. The summed E-state index contributed by atoms with van der Waals surface area (Å²) in [7, 11) is 0. The molecule has 2 rings (SSSR count). The van der Waals surface area contributed by atoms with Crippen LogP contribution >= 0.6 is 0 Å². The predicted octanol–water partition coefficient (Wildman–Crippen LogP) is 4.27. The van der Waals surface area contributed by atoms with Crippen LogP contribution in [0.25, 0.3) is 6.08 Å². The number of benzene rings is 2. The topological polar surface area (TPSA) is 40.5 Å². The first-order valence-corrected chi connectivity index (χ1v) is 7.61. The van der Waals surface area contributed by atoms with Crippen molar-refractivity contribution in [3.05, 3.63) is 65.5 Å². The van der Waals surface area contributed by atoms with E-state index in [1.807, 2.05) is 24.3 Å². The molecule has 0 atom stereocenters. The highest BCUT2D eigenvalue weighted by Crippen LogP contribution is 2.20. The van der Waals surface area contributed by atoms with Gasteiger partial charge in [0.1, 0.15) is 11.6 Å². The highest BCUT2D eigenvalue weighted by Gasteiger charge is 2.09.